The number of ether oxygens (including phenoxy) is 7. The van der Waals surface area contributed by atoms with Crippen LogP contribution < -0.4 is 11.2 Å². The minimum atomic E-state index is -4.66. The van der Waals surface area contributed by atoms with E-state index in [9.17, 15) is 23.7 Å². The zero-order valence-corrected chi connectivity index (χ0v) is 27.3. The van der Waals surface area contributed by atoms with Gasteiger partial charge >= 0.3 is 25.8 Å². The van der Waals surface area contributed by atoms with Crippen LogP contribution >= 0.6 is 39.9 Å². The minimum absolute atomic E-state index is 0.282. The van der Waals surface area contributed by atoms with E-state index in [0.29, 0.717) is 0 Å². The molecule has 1 saturated heterocycles. The summed E-state index contributed by atoms with van der Waals surface area (Å²) in [7, 11) is -1.05. The summed E-state index contributed by atoms with van der Waals surface area (Å²) in [5, 5.41) is -1.59. The number of hydrogen-bond acceptors (Lipinski definition) is 15. The van der Waals surface area contributed by atoms with Crippen molar-refractivity contribution in [3.63, 3.8) is 0 Å². The van der Waals surface area contributed by atoms with E-state index in [1.807, 2.05) is 0 Å². The molecule has 0 radical (unpaired) electrons. The van der Waals surface area contributed by atoms with Crippen molar-refractivity contribution in [1.29, 1.82) is 0 Å². The maximum absolute atomic E-state index is 13.4. The van der Waals surface area contributed by atoms with Gasteiger partial charge in [0.2, 0.25) is 13.6 Å². The summed E-state index contributed by atoms with van der Waals surface area (Å²) in [5.74, 6) is 0. The van der Waals surface area contributed by atoms with Crippen LogP contribution in [-0.4, -0.2) is 77.4 Å². The summed E-state index contributed by atoms with van der Waals surface area (Å²) in [6.07, 6.45) is -3.11. The van der Waals surface area contributed by atoms with Gasteiger partial charge in [-0.2, -0.15) is 2.78 Å². The molecular formula is C21H33IN2O15P2. The normalized spacial score (nSPS) is 20.6. The molecule has 0 aromatic carbocycles. The number of methoxy groups -OCH3 is 1. The number of phosphoric ester groups is 1. The number of hydrogen-bond donors (Lipinski definition) is 0. The second kappa shape index (κ2) is 15.2. The van der Waals surface area contributed by atoms with Crippen molar-refractivity contribution >= 4 is 52.2 Å². The second-order valence-corrected chi connectivity index (χ2v) is 12.6. The fraction of sp³-hybridized carbons (Fsp3) is 0.714. The number of rotatable bonds is 14. The van der Waals surface area contributed by atoms with E-state index >= 15 is 0 Å². The molecule has 20 heteroatoms. The van der Waals surface area contributed by atoms with Crippen molar-refractivity contribution in [2.24, 2.45) is 0 Å². The molecule has 0 saturated carbocycles. The minimum Gasteiger partial charge on any atom is -0.432 e. The molecule has 0 amide bonds. The summed E-state index contributed by atoms with van der Waals surface area (Å²) in [6.45, 7) is 5.11. The van der Waals surface area contributed by atoms with Crippen LogP contribution in [-0.2, 0) is 57.0 Å². The molecule has 234 valence electrons. The zero-order valence-electron chi connectivity index (χ0n) is 23.1. The standard InChI is InChI=1S/C21H33IN2O15P2/c1-13(2)38-18(27)32-11-36-41(29,37-12-33-19(28)39-14(3)4)35-9-21(40,30-6)16-20(5,34-10-31-16)23-8-7-15(25)24(22)17(23)26/h7-8,13-14,16H,9-12,40H2,1-6H3/t16-,20+,21-/m0/s1. The Kier molecular flexibility index (Phi) is 13.2. The van der Waals surface area contributed by atoms with E-state index in [4.69, 9.17) is 46.7 Å². The van der Waals surface area contributed by atoms with E-state index in [1.165, 1.54) is 20.2 Å². The molecule has 4 atom stereocenters. The highest BCUT2D eigenvalue weighted by molar-refractivity contribution is 14.1. The van der Waals surface area contributed by atoms with E-state index in [0.717, 1.165) is 13.4 Å². The third kappa shape index (κ3) is 9.69. The van der Waals surface area contributed by atoms with Crippen LogP contribution in [0.25, 0.3) is 0 Å². The predicted octanol–water partition coefficient (Wildman–Crippen LogP) is 2.67. The molecule has 1 aliphatic rings. The summed E-state index contributed by atoms with van der Waals surface area (Å²) in [6, 6.07) is 1.16. The Morgan fingerprint density at radius 3 is 2.15 bits per heavy atom. The fourth-order valence-corrected chi connectivity index (χ4v) is 5.27. The van der Waals surface area contributed by atoms with Gasteiger partial charge in [-0.1, -0.05) is 9.24 Å². The number of aromatic nitrogens is 2. The Balaban J connectivity index is 2.24. The smallest absolute Gasteiger partial charge is 0.432 e. The Bertz CT molecular complexity index is 1190. The molecule has 1 fully saturated rings. The molecule has 1 aliphatic heterocycles. The van der Waals surface area contributed by atoms with Gasteiger partial charge < -0.3 is 33.2 Å². The van der Waals surface area contributed by atoms with Crippen LogP contribution in [0, 0.1) is 0 Å². The summed E-state index contributed by atoms with van der Waals surface area (Å²) < 4.78 is 67.1. The first kappa shape index (κ1) is 35.6. The van der Waals surface area contributed by atoms with Crippen molar-refractivity contribution in [1.82, 2.24) is 7.35 Å². The van der Waals surface area contributed by atoms with Gasteiger partial charge in [0.05, 0.1) is 41.7 Å². The van der Waals surface area contributed by atoms with Gasteiger partial charge in [-0.15, -0.1) is 0 Å². The molecule has 0 aliphatic carbocycles. The maximum Gasteiger partial charge on any atom is 0.510 e. The second-order valence-electron chi connectivity index (χ2n) is 8.95. The highest BCUT2D eigenvalue weighted by Gasteiger charge is 2.55. The molecule has 1 aromatic rings. The van der Waals surface area contributed by atoms with Crippen molar-refractivity contribution < 1.29 is 60.9 Å². The average Bonchev–Trinajstić information content (AvgIpc) is 3.28. The van der Waals surface area contributed by atoms with Crippen LogP contribution in [0.5, 0.6) is 0 Å². The summed E-state index contributed by atoms with van der Waals surface area (Å²) in [5.41, 5.74) is -2.81. The number of phosphoric acid groups is 1. The molecule has 17 nitrogen and oxygen atoms in total. The van der Waals surface area contributed by atoms with Gasteiger partial charge in [-0.25, -0.2) is 28.0 Å². The van der Waals surface area contributed by atoms with Gasteiger partial charge in [0.1, 0.15) is 11.4 Å². The molecule has 2 rings (SSSR count). The van der Waals surface area contributed by atoms with Crippen molar-refractivity contribution in [2.75, 3.05) is 34.1 Å². The number of nitrogens with zero attached hydrogens (tertiary/aromatic N) is 2. The predicted molar refractivity (Wildman–Crippen MR) is 149 cm³/mol. The summed E-state index contributed by atoms with van der Waals surface area (Å²) in [4.78, 5) is 48.1. The lowest BCUT2D eigenvalue weighted by molar-refractivity contribution is -0.127. The SMILES string of the molecule is CO[C@](P)(COP(=O)(OCOC(=O)OC(C)C)OCOC(=O)OC(C)C)[C@H]1OCO[C@@]1(C)n1ccc(=O)n(I)c1=O. The van der Waals surface area contributed by atoms with Gasteiger partial charge in [-0.3, -0.25) is 13.9 Å². The first-order valence-corrected chi connectivity index (χ1v) is 14.9. The van der Waals surface area contributed by atoms with Gasteiger partial charge in [0.15, 0.2) is 12.5 Å². The highest BCUT2D eigenvalue weighted by atomic mass is 127. The molecule has 0 bridgehead atoms. The molecule has 2 heterocycles. The first-order chi connectivity index (χ1) is 19.1. The van der Waals surface area contributed by atoms with Gasteiger partial charge in [0.25, 0.3) is 5.56 Å². The van der Waals surface area contributed by atoms with Crippen LogP contribution in [0.3, 0.4) is 0 Å². The highest BCUT2D eigenvalue weighted by Crippen LogP contribution is 2.52. The number of carbonyl (C=O) groups is 2. The molecule has 1 aromatic heterocycles. The Labute approximate surface area is 251 Å². The fourth-order valence-electron chi connectivity index (χ4n) is 3.30. The van der Waals surface area contributed by atoms with Crippen molar-refractivity contribution in [3.8, 4) is 0 Å². The number of halogens is 1. The molecule has 41 heavy (non-hydrogen) atoms. The average molecular weight is 742 g/mol. The van der Waals surface area contributed by atoms with Gasteiger partial charge in [0, 0.05) is 19.4 Å². The lowest BCUT2D eigenvalue weighted by Crippen LogP contribution is -2.57. The zero-order chi connectivity index (χ0) is 31.0. The van der Waals surface area contributed by atoms with E-state index in [-0.39, 0.29) is 6.79 Å². The third-order valence-electron chi connectivity index (χ3n) is 5.20. The Morgan fingerprint density at radius 2 is 1.66 bits per heavy atom. The quantitative estimate of drug-likeness (QED) is 0.117. The van der Waals surface area contributed by atoms with Crippen LogP contribution in [0.2, 0.25) is 0 Å². The van der Waals surface area contributed by atoms with E-state index in [2.05, 4.69) is 9.24 Å². The molecule has 0 N–H and O–H groups in total. The van der Waals surface area contributed by atoms with Crippen LogP contribution in [0.1, 0.15) is 34.6 Å². The third-order valence-corrected chi connectivity index (χ3v) is 8.08. The van der Waals surface area contributed by atoms with Crippen molar-refractivity contribution in [3.05, 3.63) is 33.1 Å². The molecular weight excluding hydrogens is 709 g/mol. The monoisotopic (exact) mass is 742 g/mol. The van der Waals surface area contributed by atoms with E-state index in [1.54, 1.807) is 50.6 Å². The topological polar surface area (TPSA) is 188 Å². The van der Waals surface area contributed by atoms with E-state index < -0.39 is 81.0 Å². The lowest BCUT2D eigenvalue weighted by atomic mass is 10.0. The molecule has 0 spiro atoms. The first-order valence-electron chi connectivity index (χ1n) is 11.9. The molecule has 1 unspecified atom stereocenters. The Morgan fingerprint density at radius 1 is 1.12 bits per heavy atom. The summed E-state index contributed by atoms with van der Waals surface area (Å²) >= 11 is 1.55. The van der Waals surface area contributed by atoms with Crippen LogP contribution in [0.4, 0.5) is 9.59 Å². The van der Waals surface area contributed by atoms with Crippen LogP contribution in [0.15, 0.2) is 21.9 Å². The lowest BCUT2D eigenvalue weighted by Gasteiger charge is -2.40. The Hall–Kier alpha value is -1.63. The number of carbonyl (C=O) groups excluding carboxylic acids is 2. The largest absolute Gasteiger partial charge is 0.510 e. The van der Waals surface area contributed by atoms with Crippen molar-refractivity contribution in [2.45, 2.75) is 64.0 Å². The maximum atomic E-state index is 13.4. The van der Waals surface area contributed by atoms with Gasteiger partial charge in [-0.05, 0) is 34.6 Å².